The highest BCUT2D eigenvalue weighted by molar-refractivity contribution is 6.19. The normalized spacial score (nSPS) is 12.4. The molecule has 0 amide bonds. The molecule has 0 saturated carbocycles. The molecule has 0 unspecified atom stereocenters. The van der Waals surface area contributed by atoms with Crippen LogP contribution in [0.3, 0.4) is 0 Å². The molecule has 0 saturated heterocycles. The number of rotatable bonds is 0. The van der Waals surface area contributed by atoms with Crippen molar-refractivity contribution in [2.75, 3.05) is 0 Å². The van der Waals surface area contributed by atoms with Gasteiger partial charge in [-0.15, -0.1) is 0 Å². The summed E-state index contributed by atoms with van der Waals surface area (Å²) >= 11 is 0. The van der Waals surface area contributed by atoms with Gasteiger partial charge in [-0.3, -0.25) is 4.79 Å². The fraction of sp³-hybridized carbons (Fsp3) is 0. The molecule has 3 rings (SSSR count). The van der Waals surface area contributed by atoms with Crippen molar-refractivity contribution in [2.45, 2.75) is 0 Å². The Labute approximate surface area is 78.9 Å². The molecular weight excluding hydrogens is 180 g/mol. The van der Waals surface area contributed by atoms with Crippen molar-refractivity contribution in [1.29, 1.82) is 0 Å². The summed E-state index contributed by atoms with van der Waals surface area (Å²) in [5.41, 5.74) is 2.20. The molecule has 0 aromatic carbocycles. The molecule has 0 aliphatic heterocycles. The molecule has 5 heteroatoms. The average Bonchev–Trinajstić information content (AvgIpc) is 2.55. The number of carbonyl (C=O) groups excluding carboxylic acids is 1. The summed E-state index contributed by atoms with van der Waals surface area (Å²) in [7, 11) is 0. The zero-order valence-corrected chi connectivity index (χ0v) is 7.01. The molecule has 1 aliphatic carbocycles. The molecule has 2 aromatic heterocycles. The summed E-state index contributed by atoms with van der Waals surface area (Å²) in [5, 5.41) is 0. The zero-order chi connectivity index (χ0) is 9.54. The molecule has 2 aromatic rings. The van der Waals surface area contributed by atoms with E-state index in [1.165, 1.54) is 25.0 Å². The molecule has 0 spiro atoms. The Balaban J connectivity index is 2.42. The number of aromatic nitrogens is 4. The minimum Gasteiger partial charge on any atom is -0.288 e. The van der Waals surface area contributed by atoms with E-state index in [0.29, 0.717) is 22.5 Å². The van der Waals surface area contributed by atoms with Crippen LogP contribution >= 0.6 is 0 Å². The summed E-state index contributed by atoms with van der Waals surface area (Å²) in [5.74, 6) is -0.101. The first kappa shape index (κ1) is 7.25. The van der Waals surface area contributed by atoms with Crippen molar-refractivity contribution < 1.29 is 4.79 Å². The van der Waals surface area contributed by atoms with E-state index in [2.05, 4.69) is 19.9 Å². The van der Waals surface area contributed by atoms with Crippen molar-refractivity contribution in [2.24, 2.45) is 0 Å². The molecule has 0 fully saturated rings. The summed E-state index contributed by atoms with van der Waals surface area (Å²) in [6.07, 6.45) is 5.82. The lowest BCUT2D eigenvalue weighted by Gasteiger charge is -1.93. The van der Waals surface area contributed by atoms with Gasteiger partial charge in [0.2, 0.25) is 5.78 Å². The third-order valence-corrected chi connectivity index (χ3v) is 2.14. The summed E-state index contributed by atoms with van der Waals surface area (Å²) in [4.78, 5) is 27.4. The molecular formula is C9H4N4O. The third-order valence-electron chi connectivity index (χ3n) is 2.14. The number of hydrogen-bond donors (Lipinski definition) is 0. The Bertz CT molecular complexity index is 490. The Morgan fingerprint density at radius 3 is 1.86 bits per heavy atom. The van der Waals surface area contributed by atoms with Crippen LogP contribution in [-0.4, -0.2) is 25.7 Å². The SMILES string of the molecule is O=C1c2cncnc2-c2ncncc21. The second-order valence-electron chi connectivity index (χ2n) is 2.90. The standard InChI is InChI=1S/C9H4N4O/c14-9-5-1-10-3-12-7(5)8-6(9)2-11-4-13-8/h1-4H. The highest BCUT2D eigenvalue weighted by Gasteiger charge is 2.29. The van der Waals surface area contributed by atoms with Crippen molar-refractivity contribution in [3.8, 4) is 11.4 Å². The third kappa shape index (κ3) is 0.756. The van der Waals surface area contributed by atoms with Gasteiger partial charge in [-0.2, -0.15) is 0 Å². The number of ketones is 1. The van der Waals surface area contributed by atoms with Crippen LogP contribution in [0.1, 0.15) is 15.9 Å². The van der Waals surface area contributed by atoms with E-state index in [-0.39, 0.29) is 5.78 Å². The number of fused-ring (bicyclic) bond motifs is 3. The lowest BCUT2D eigenvalue weighted by Crippen LogP contribution is -1.96. The highest BCUT2D eigenvalue weighted by atomic mass is 16.1. The van der Waals surface area contributed by atoms with Gasteiger partial charge in [0, 0.05) is 12.4 Å². The summed E-state index contributed by atoms with van der Waals surface area (Å²) in [6.45, 7) is 0. The predicted octanol–water partition coefficient (Wildman–Crippen LogP) is 0.478. The maximum absolute atomic E-state index is 11.7. The Kier molecular flexibility index (Phi) is 1.25. The average molecular weight is 184 g/mol. The van der Waals surface area contributed by atoms with E-state index in [1.807, 2.05) is 0 Å². The van der Waals surface area contributed by atoms with E-state index in [4.69, 9.17) is 0 Å². The first-order chi connectivity index (χ1) is 6.88. The van der Waals surface area contributed by atoms with Crippen LogP contribution in [0.25, 0.3) is 11.4 Å². The summed E-state index contributed by atoms with van der Waals surface area (Å²) < 4.78 is 0. The van der Waals surface area contributed by atoms with E-state index in [1.54, 1.807) is 0 Å². The van der Waals surface area contributed by atoms with Gasteiger partial charge >= 0.3 is 0 Å². The van der Waals surface area contributed by atoms with Gasteiger partial charge in [-0.25, -0.2) is 19.9 Å². The zero-order valence-electron chi connectivity index (χ0n) is 7.01. The largest absolute Gasteiger partial charge is 0.288 e. The van der Waals surface area contributed by atoms with Crippen molar-refractivity contribution >= 4 is 5.78 Å². The minimum atomic E-state index is -0.101. The van der Waals surface area contributed by atoms with Gasteiger partial charge in [0.1, 0.15) is 24.0 Å². The summed E-state index contributed by atoms with van der Waals surface area (Å²) in [6, 6.07) is 0. The fourth-order valence-corrected chi connectivity index (χ4v) is 1.51. The predicted molar refractivity (Wildman–Crippen MR) is 46.5 cm³/mol. The second-order valence-corrected chi connectivity index (χ2v) is 2.90. The molecule has 0 atom stereocenters. The number of hydrogen-bond acceptors (Lipinski definition) is 5. The number of carbonyl (C=O) groups is 1. The highest BCUT2D eigenvalue weighted by Crippen LogP contribution is 2.31. The Morgan fingerprint density at radius 2 is 1.36 bits per heavy atom. The quantitative estimate of drug-likeness (QED) is 0.508. The molecule has 14 heavy (non-hydrogen) atoms. The molecule has 0 bridgehead atoms. The molecule has 0 radical (unpaired) electrons. The lowest BCUT2D eigenvalue weighted by molar-refractivity contribution is 0.104. The van der Waals surface area contributed by atoms with Crippen LogP contribution in [-0.2, 0) is 0 Å². The monoisotopic (exact) mass is 184 g/mol. The molecule has 1 aliphatic rings. The first-order valence-corrected chi connectivity index (χ1v) is 4.03. The molecule has 5 nitrogen and oxygen atoms in total. The van der Waals surface area contributed by atoms with Crippen LogP contribution in [0.2, 0.25) is 0 Å². The van der Waals surface area contributed by atoms with Gasteiger partial charge in [0.25, 0.3) is 0 Å². The van der Waals surface area contributed by atoms with Gasteiger partial charge in [0.15, 0.2) is 0 Å². The van der Waals surface area contributed by atoms with E-state index >= 15 is 0 Å². The Hall–Kier alpha value is -2.17. The van der Waals surface area contributed by atoms with Crippen LogP contribution in [0.15, 0.2) is 25.0 Å². The van der Waals surface area contributed by atoms with E-state index < -0.39 is 0 Å². The van der Waals surface area contributed by atoms with Crippen LogP contribution in [0.4, 0.5) is 0 Å². The van der Waals surface area contributed by atoms with Gasteiger partial charge < -0.3 is 0 Å². The fourth-order valence-electron chi connectivity index (χ4n) is 1.51. The number of nitrogens with zero attached hydrogens (tertiary/aromatic N) is 4. The van der Waals surface area contributed by atoms with Crippen LogP contribution in [0, 0.1) is 0 Å². The lowest BCUT2D eigenvalue weighted by atomic mass is 10.2. The Morgan fingerprint density at radius 1 is 0.857 bits per heavy atom. The molecule has 0 N–H and O–H groups in total. The molecule has 2 heterocycles. The minimum absolute atomic E-state index is 0.101. The van der Waals surface area contributed by atoms with E-state index in [0.717, 1.165) is 0 Å². The topological polar surface area (TPSA) is 68.6 Å². The van der Waals surface area contributed by atoms with Gasteiger partial charge in [-0.1, -0.05) is 0 Å². The van der Waals surface area contributed by atoms with E-state index in [9.17, 15) is 4.79 Å². The second kappa shape index (κ2) is 2.41. The smallest absolute Gasteiger partial charge is 0.200 e. The molecule has 66 valence electrons. The van der Waals surface area contributed by atoms with Crippen LogP contribution in [0.5, 0.6) is 0 Å². The van der Waals surface area contributed by atoms with Crippen molar-refractivity contribution in [3.63, 3.8) is 0 Å². The maximum Gasteiger partial charge on any atom is 0.200 e. The van der Waals surface area contributed by atoms with Crippen LogP contribution < -0.4 is 0 Å². The first-order valence-electron chi connectivity index (χ1n) is 4.03. The van der Waals surface area contributed by atoms with Crippen molar-refractivity contribution in [3.05, 3.63) is 36.2 Å². The van der Waals surface area contributed by atoms with Gasteiger partial charge in [-0.05, 0) is 0 Å². The van der Waals surface area contributed by atoms with Gasteiger partial charge in [0.05, 0.1) is 11.1 Å². The van der Waals surface area contributed by atoms with Crippen molar-refractivity contribution in [1.82, 2.24) is 19.9 Å². The maximum atomic E-state index is 11.7.